The van der Waals surface area contributed by atoms with E-state index in [9.17, 15) is 9.59 Å². The van der Waals surface area contributed by atoms with E-state index in [0.29, 0.717) is 17.1 Å². The molecule has 6 heteroatoms. The molecule has 3 amide bonds. The number of anilines is 3. The number of para-hydroxylation sites is 1. The Kier molecular flexibility index (Phi) is 5.71. The van der Waals surface area contributed by atoms with Gasteiger partial charge in [0.1, 0.15) is 6.10 Å². The summed E-state index contributed by atoms with van der Waals surface area (Å²) in [6.07, 6.45) is -0.548. The molecule has 0 aliphatic rings. The third kappa shape index (κ3) is 5.12. The van der Waals surface area contributed by atoms with Crippen LogP contribution in [0.1, 0.15) is 6.92 Å². The predicted molar refractivity (Wildman–Crippen MR) is 90.6 cm³/mol. The van der Waals surface area contributed by atoms with Crippen LogP contribution >= 0.6 is 0 Å². The molecule has 1 unspecified atom stereocenters. The number of carbonyl (C=O) groups excluding carboxylic acids is 2. The summed E-state index contributed by atoms with van der Waals surface area (Å²) in [7, 11) is 1.47. The van der Waals surface area contributed by atoms with E-state index in [0.717, 1.165) is 0 Å². The third-order valence-electron chi connectivity index (χ3n) is 3.14. The highest BCUT2D eigenvalue weighted by Gasteiger charge is 2.11. The summed E-state index contributed by atoms with van der Waals surface area (Å²) in [6, 6.07) is 15.7. The van der Waals surface area contributed by atoms with Gasteiger partial charge in [0.05, 0.1) is 0 Å². The summed E-state index contributed by atoms with van der Waals surface area (Å²) in [5, 5.41) is 8.16. The van der Waals surface area contributed by atoms with Crippen molar-refractivity contribution in [1.82, 2.24) is 0 Å². The van der Waals surface area contributed by atoms with E-state index in [1.54, 1.807) is 43.3 Å². The molecule has 1 atom stereocenters. The summed E-state index contributed by atoms with van der Waals surface area (Å²) in [4.78, 5) is 23.7. The van der Waals surface area contributed by atoms with Crippen LogP contribution in [-0.2, 0) is 9.53 Å². The van der Waals surface area contributed by atoms with Crippen LogP contribution < -0.4 is 16.0 Å². The molecule has 0 aliphatic carbocycles. The number of urea groups is 1. The second-order valence-corrected chi connectivity index (χ2v) is 4.89. The minimum absolute atomic E-state index is 0.251. The Labute approximate surface area is 134 Å². The van der Waals surface area contributed by atoms with Crippen LogP contribution in [0, 0.1) is 0 Å². The van der Waals surface area contributed by atoms with Crippen molar-refractivity contribution >= 4 is 29.0 Å². The summed E-state index contributed by atoms with van der Waals surface area (Å²) in [6.45, 7) is 1.66. The van der Waals surface area contributed by atoms with E-state index >= 15 is 0 Å². The Morgan fingerprint density at radius 3 is 2.09 bits per heavy atom. The fraction of sp³-hybridized carbons (Fsp3) is 0.176. The quantitative estimate of drug-likeness (QED) is 0.792. The first-order valence-electron chi connectivity index (χ1n) is 7.15. The van der Waals surface area contributed by atoms with E-state index in [2.05, 4.69) is 16.0 Å². The molecule has 3 N–H and O–H groups in total. The van der Waals surface area contributed by atoms with Crippen molar-refractivity contribution < 1.29 is 14.3 Å². The Balaban J connectivity index is 1.97. The minimum atomic E-state index is -0.548. The zero-order valence-corrected chi connectivity index (χ0v) is 13.0. The number of nitrogens with one attached hydrogen (secondary N) is 3. The number of ether oxygens (including phenoxy) is 1. The number of hydrogen-bond acceptors (Lipinski definition) is 3. The van der Waals surface area contributed by atoms with E-state index in [1.165, 1.54) is 7.11 Å². The van der Waals surface area contributed by atoms with Crippen LogP contribution in [-0.4, -0.2) is 25.2 Å². The molecule has 2 rings (SSSR count). The highest BCUT2D eigenvalue weighted by atomic mass is 16.5. The van der Waals surface area contributed by atoms with Crippen LogP contribution in [0.25, 0.3) is 0 Å². The van der Waals surface area contributed by atoms with Crippen molar-refractivity contribution in [3.05, 3.63) is 54.6 Å². The normalized spacial score (nSPS) is 11.4. The van der Waals surface area contributed by atoms with Gasteiger partial charge in [0.15, 0.2) is 0 Å². The van der Waals surface area contributed by atoms with Crippen molar-refractivity contribution in [2.75, 3.05) is 23.1 Å². The third-order valence-corrected chi connectivity index (χ3v) is 3.14. The lowest BCUT2D eigenvalue weighted by molar-refractivity contribution is -0.124. The maximum absolute atomic E-state index is 11.9. The monoisotopic (exact) mass is 313 g/mol. The fourth-order valence-electron chi connectivity index (χ4n) is 1.84. The summed E-state index contributed by atoms with van der Waals surface area (Å²) in [5.74, 6) is -0.251. The predicted octanol–water partition coefficient (Wildman–Crippen LogP) is 3.30. The Morgan fingerprint density at radius 1 is 0.870 bits per heavy atom. The van der Waals surface area contributed by atoms with Crippen molar-refractivity contribution in [2.45, 2.75) is 13.0 Å². The van der Waals surface area contributed by atoms with Crippen LogP contribution in [0.15, 0.2) is 54.6 Å². The Morgan fingerprint density at radius 2 is 1.43 bits per heavy atom. The lowest BCUT2D eigenvalue weighted by Gasteiger charge is -2.12. The van der Waals surface area contributed by atoms with E-state index in [-0.39, 0.29) is 11.9 Å². The van der Waals surface area contributed by atoms with Gasteiger partial charge >= 0.3 is 6.03 Å². The Hall–Kier alpha value is -2.86. The highest BCUT2D eigenvalue weighted by Crippen LogP contribution is 2.16. The SMILES string of the molecule is COC(C)C(=O)Nc1cccc(NC(=O)Nc2ccccc2)c1. The first-order valence-corrected chi connectivity index (χ1v) is 7.15. The summed E-state index contributed by atoms with van der Waals surface area (Å²) >= 11 is 0. The van der Waals surface area contributed by atoms with Gasteiger partial charge in [-0.15, -0.1) is 0 Å². The molecule has 0 aromatic heterocycles. The molecule has 0 spiro atoms. The molecule has 0 aliphatic heterocycles. The molecule has 0 radical (unpaired) electrons. The van der Waals surface area contributed by atoms with Crippen LogP contribution in [0.4, 0.5) is 21.9 Å². The lowest BCUT2D eigenvalue weighted by atomic mass is 10.2. The minimum Gasteiger partial charge on any atom is -0.372 e. The van der Waals surface area contributed by atoms with E-state index in [1.807, 2.05) is 18.2 Å². The number of carbonyl (C=O) groups is 2. The van der Waals surface area contributed by atoms with E-state index < -0.39 is 6.10 Å². The fourth-order valence-corrected chi connectivity index (χ4v) is 1.84. The summed E-state index contributed by atoms with van der Waals surface area (Å²) in [5.41, 5.74) is 1.85. The first-order chi connectivity index (χ1) is 11.1. The maximum atomic E-state index is 11.9. The van der Waals surface area contributed by atoms with Gasteiger partial charge in [-0.1, -0.05) is 24.3 Å². The average Bonchev–Trinajstić information content (AvgIpc) is 2.55. The number of amides is 3. The van der Waals surface area contributed by atoms with Gasteiger partial charge < -0.3 is 20.7 Å². The van der Waals surface area contributed by atoms with Gasteiger partial charge in [-0.3, -0.25) is 4.79 Å². The van der Waals surface area contributed by atoms with Gasteiger partial charge in [0.2, 0.25) is 0 Å². The van der Waals surface area contributed by atoms with E-state index in [4.69, 9.17) is 4.74 Å². The molecule has 2 aromatic rings. The lowest BCUT2D eigenvalue weighted by Crippen LogP contribution is -2.26. The number of benzene rings is 2. The molecule has 0 heterocycles. The molecule has 120 valence electrons. The molecule has 0 saturated heterocycles. The standard InChI is InChI=1S/C17H19N3O3/c1-12(23-2)16(21)18-14-9-6-10-15(11-14)20-17(22)19-13-7-4-3-5-8-13/h3-12H,1-2H3,(H,18,21)(H2,19,20,22). The van der Waals surface area contributed by atoms with Crippen molar-refractivity contribution in [1.29, 1.82) is 0 Å². The van der Waals surface area contributed by atoms with Gasteiger partial charge in [0.25, 0.3) is 5.91 Å². The molecule has 2 aromatic carbocycles. The van der Waals surface area contributed by atoms with Gasteiger partial charge in [0, 0.05) is 24.2 Å². The smallest absolute Gasteiger partial charge is 0.323 e. The highest BCUT2D eigenvalue weighted by molar-refractivity contribution is 6.00. The van der Waals surface area contributed by atoms with Crippen LogP contribution in [0.5, 0.6) is 0 Å². The second kappa shape index (κ2) is 7.95. The van der Waals surface area contributed by atoms with Crippen molar-refractivity contribution in [3.8, 4) is 0 Å². The van der Waals surface area contributed by atoms with Gasteiger partial charge in [-0.25, -0.2) is 4.79 Å². The molecule has 0 fully saturated rings. The zero-order valence-electron chi connectivity index (χ0n) is 13.0. The number of hydrogen-bond donors (Lipinski definition) is 3. The largest absolute Gasteiger partial charge is 0.372 e. The van der Waals surface area contributed by atoms with Crippen LogP contribution in [0.2, 0.25) is 0 Å². The number of methoxy groups -OCH3 is 1. The maximum Gasteiger partial charge on any atom is 0.323 e. The Bertz CT molecular complexity index is 674. The average molecular weight is 313 g/mol. The summed E-state index contributed by atoms with van der Waals surface area (Å²) < 4.78 is 4.95. The molecule has 6 nitrogen and oxygen atoms in total. The van der Waals surface area contributed by atoms with Gasteiger partial charge in [-0.05, 0) is 37.3 Å². The van der Waals surface area contributed by atoms with Crippen LogP contribution in [0.3, 0.4) is 0 Å². The van der Waals surface area contributed by atoms with Gasteiger partial charge in [-0.2, -0.15) is 0 Å². The first kappa shape index (κ1) is 16.5. The van der Waals surface area contributed by atoms with Crippen molar-refractivity contribution in [2.24, 2.45) is 0 Å². The molecular formula is C17H19N3O3. The number of rotatable bonds is 5. The molecule has 0 saturated carbocycles. The topological polar surface area (TPSA) is 79.5 Å². The van der Waals surface area contributed by atoms with Crippen molar-refractivity contribution in [3.63, 3.8) is 0 Å². The molecule has 23 heavy (non-hydrogen) atoms. The molecule has 0 bridgehead atoms. The molecular weight excluding hydrogens is 294 g/mol. The zero-order chi connectivity index (χ0) is 16.7. The second-order valence-electron chi connectivity index (χ2n) is 4.89.